The van der Waals surface area contributed by atoms with E-state index in [1.165, 1.54) is 56.3 Å². The molecule has 0 radical (unpaired) electrons. The third kappa shape index (κ3) is 3.45. The molecule has 1 N–H and O–H groups in total. The maximum atomic E-state index is 4.50. The molecule has 3 heteroatoms. The summed E-state index contributed by atoms with van der Waals surface area (Å²) < 4.78 is 0. The molecule has 1 aromatic carbocycles. The van der Waals surface area contributed by atoms with Crippen LogP contribution in [0.3, 0.4) is 0 Å². The lowest BCUT2D eigenvalue weighted by Crippen LogP contribution is -2.41. The Labute approximate surface area is 134 Å². The lowest BCUT2D eigenvalue weighted by Gasteiger charge is -2.26. The summed E-state index contributed by atoms with van der Waals surface area (Å²) in [5, 5.41) is 3.56. The standard InChI is InChI=1S/C19H29N3/c1-16-5-7-17(8-6-16)9-13-21-18(20-2)22-14-12-19(15-22)10-3-4-11-19/h5-8H,3-4,9-15H2,1-2H3,(H,20,21). The summed E-state index contributed by atoms with van der Waals surface area (Å²) in [6, 6.07) is 8.83. The van der Waals surface area contributed by atoms with Crippen molar-refractivity contribution in [2.45, 2.75) is 45.4 Å². The van der Waals surface area contributed by atoms with Crippen molar-refractivity contribution < 1.29 is 0 Å². The minimum Gasteiger partial charge on any atom is -0.356 e. The van der Waals surface area contributed by atoms with Crippen molar-refractivity contribution in [3.8, 4) is 0 Å². The van der Waals surface area contributed by atoms with Crippen molar-refractivity contribution in [3.05, 3.63) is 35.4 Å². The predicted octanol–water partition coefficient (Wildman–Crippen LogP) is 3.38. The van der Waals surface area contributed by atoms with E-state index in [1.807, 2.05) is 7.05 Å². The molecule has 3 rings (SSSR count). The summed E-state index contributed by atoms with van der Waals surface area (Å²) in [6.07, 6.45) is 8.10. The number of aliphatic imine (C=N–C) groups is 1. The Morgan fingerprint density at radius 2 is 1.91 bits per heavy atom. The normalized spacial score (nSPS) is 20.8. The number of nitrogens with zero attached hydrogens (tertiary/aromatic N) is 2. The lowest BCUT2D eigenvalue weighted by atomic mass is 9.86. The van der Waals surface area contributed by atoms with Gasteiger partial charge in [0.1, 0.15) is 0 Å². The summed E-state index contributed by atoms with van der Waals surface area (Å²) in [5.74, 6) is 1.09. The van der Waals surface area contributed by atoms with Crippen LogP contribution in [0.25, 0.3) is 0 Å². The number of likely N-dealkylation sites (tertiary alicyclic amines) is 1. The zero-order valence-electron chi connectivity index (χ0n) is 14.1. The molecule has 22 heavy (non-hydrogen) atoms. The Morgan fingerprint density at radius 3 is 2.59 bits per heavy atom. The van der Waals surface area contributed by atoms with E-state index in [-0.39, 0.29) is 0 Å². The number of nitrogens with one attached hydrogen (secondary N) is 1. The highest BCUT2D eigenvalue weighted by molar-refractivity contribution is 5.80. The first-order valence-electron chi connectivity index (χ1n) is 8.72. The SMILES string of the molecule is CN=C(NCCc1ccc(C)cc1)N1CCC2(CCCC2)C1. The van der Waals surface area contributed by atoms with Gasteiger partial charge in [0.2, 0.25) is 0 Å². The van der Waals surface area contributed by atoms with Crippen LogP contribution in [0.15, 0.2) is 29.3 Å². The quantitative estimate of drug-likeness (QED) is 0.684. The molecular formula is C19H29N3. The van der Waals surface area contributed by atoms with Gasteiger partial charge in [-0.3, -0.25) is 4.99 Å². The van der Waals surface area contributed by atoms with Gasteiger partial charge in [-0.05, 0) is 43.6 Å². The highest BCUT2D eigenvalue weighted by Crippen LogP contribution is 2.45. The number of rotatable bonds is 3. The van der Waals surface area contributed by atoms with Gasteiger partial charge in [-0.1, -0.05) is 42.7 Å². The van der Waals surface area contributed by atoms with E-state index in [4.69, 9.17) is 0 Å². The molecule has 0 unspecified atom stereocenters. The molecule has 1 heterocycles. The second-order valence-electron chi connectivity index (χ2n) is 7.09. The van der Waals surface area contributed by atoms with Crippen LogP contribution in [-0.2, 0) is 6.42 Å². The fourth-order valence-corrected chi connectivity index (χ4v) is 4.05. The van der Waals surface area contributed by atoms with E-state index in [1.54, 1.807) is 0 Å². The minimum atomic E-state index is 0.606. The number of aryl methyl sites for hydroxylation is 1. The Morgan fingerprint density at radius 1 is 1.18 bits per heavy atom. The zero-order chi connectivity index (χ0) is 15.4. The molecule has 1 saturated carbocycles. The Bertz CT molecular complexity index is 512. The molecule has 120 valence electrons. The van der Waals surface area contributed by atoms with Crippen molar-refractivity contribution in [1.29, 1.82) is 0 Å². The highest BCUT2D eigenvalue weighted by atomic mass is 15.3. The van der Waals surface area contributed by atoms with Crippen LogP contribution in [0.4, 0.5) is 0 Å². The van der Waals surface area contributed by atoms with Gasteiger partial charge in [0.25, 0.3) is 0 Å². The lowest BCUT2D eigenvalue weighted by molar-refractivity contribution is 0.309. The molecule has 0 atom stereocenters. The molecule has 0 bridgehead atoms. The summed E-state index contributed by atoms with van der Waals surface area (Å²) in [6.45, 7) is 5.47. The first-order valence-corrected chi connectivity index (χ1v) is 8.72. The first kappa shape index (κ1) is 15.4. The summed E-state index contributed by atoms with van der Waals surface area (Å²) in [4.78, 5) is 6.97. The van der Waals surface area contributed by atoms with Crippen LogP contribution >= 0.6 is 0 Å². The molecule has 1 aliphatic heterocycles. The summed E-state index contributed by atoms with van der Waals surface area (Å²) in [7, 11) is 1.91. The van der Waals surface area contributed by atoms with Crippen LogP contribution in [0.1, 0.15) is 43.2 Å². The van der Waals surface area contributed by atoms with E-state index in [0.29, 0.717) is 5.41 Å². The molecular weight excluding hydrogens is 270 g/mol. The Hall–Kier alpha value is -1.51. The fraction of sp³-hybridized carbons (Fsp3) is 0.632. The second-order valence-corrected chi connectivity index (χ2v) is 7.09. The molecule has 1 spiro atoms. The van der Waals surface area contributed by atoms with Gasteiger partial charge in [0.15, 0.2) is 5.96 Å². The van der Waals surface area contributed by atoms with E-state index in [0.717, 1.165) is 18.9 Å². The maximum Gasteiger partial charge on any atom is 0.193 e. The topological polar surface area (TPSA) is 27.6 Å². The molecule has 3 nitrogen and oxygen atoms in total. The second kappa shape index (κ2) is 6.72. The largest absolute Gasteiger partial charge is 0.356 e. The van der Waals surface area contributed by atoms with E-state index in [9.17, 15) is 0 Å². The van der Waals surface area contributed by atoms with Gasteiger partial charge in [0.05, 0.1) is 0 Å². The van der Waals surface area contributed by atoms with Crippen LogP contribution < -0.4 is 5.32 Å². The van der Waals surface area contributed by atoms with Gasteiger partial charge in [-0.2, -0.15) is 0 Å². The number of hydrogen-bond donors (Lipinski definition) is 1. The first-order chi connectivity index (χ1) is 10.7. The van der Waals surface area contributed by atoms with E-state index >= 15 is 0 Å². The molecule has 1 aromatic rings. The third-order valence-corrected chi connectivity index (χ3v) is 5.43. The van der Waals surface area contributed by atoms with E-state index in [2.05, 4.69) is 46.4 Å². The third-order valence-electron chi connectivity index (χ3n) is 5.43. The predicted molar refractivity (Wildman–Crippen MR) is 93.3 cm³/mol. The summed E-state index contributed by atoms with van der Waals surface area (Å²) in [5.41, 5.74) is 3.32. The van der Waals surface area contributed by atoms with Gasteiger partial charge in [0, 0.05) is 26.7 Å². The molecule has 2 aliphatic rings. The molecule has 1 aliphatic carbocycles. The van der Waals surface area contributed by atoms with Crippen molar-refractivity contribution in [1.82, 2.24) is 10.2 Å². The smallest absolute Gasteiger partial charge is 0.193 e. The Kier molecular flexibility index (Phi) is 4.70. The van der Waals surface area contributed by atoms with Gasteiger partial charge >= 0.3 is 0 Å². The number of guanidine groups is 1. The van der Waals surface area contributed by atoms with Crippen molar-refractivity contribution in [3.63, 3.8) is 0 Å². The fourth-order valence-electron chi connectivity index (χ4n) is 4.05. The minimum absolute atomic E-state index is 0.606. The van der Waals surface area contributed by atoms with E-state index < -0.39 is 0 Å². The van der Waals surface area contributed by atoms with Crippen LogP contribution in [0, 0.1) is 12.3 Å². The monoisotopic (exact) mass is 299 g/mol. The molecule has 0 amide bonds. The number of hydrogen-bond acceptors (Lipinski definition) is 1. The summed E-state index contributed by atoms with van der Waals surface area (Å²) >= 11 is 0. The average molecular weight is 299 g/mol. The molecule has 2 fully saturated rings. The van der Waals surface area contributed by atoms with Crippen LogP contribution in [0.5, 0.6) is 0 Å². The highest BCUT2D eigenvalue weighted by Gasteiger charge is 2.40. The molecule has 1 saturated heterocycles. The van der Waals surface area contributed by atoms with Crippen molar-refractivity contribution in [2.24, 2.45) is 10.4 Å². The van der Waals surface area contributed by atoms with Crippen LogP contribution in [0.2, 0.25) is 0 Å². The van der Waals surface area contributed by atoms with Gasteiger partial charge in [-0.15, -0.1) is 0 Å². The zero-order valence-corrected chi connectivity index (χ0v) is 14.1. The van der Waals surface area contributed by atoms with Gasteiger partial charge < -0.3 is 10.2 Å². The number of benzene rings is 1. The van der Waals surface area contributed by atoms with Crippen molar-refractivity contribution >= 4 is 5.96 Å². The maximum absolute atomic E-state index is 4.50. The Balaban J connectivity index is 1.49. The average Bonchev–Trinajstić information content (AvgIpc) is 3.16. The van der Waals surface area contributed by atoms with Crippen LogP contribution in [-0.4, -0.2) is 37.5 Å². The van der Waals surface area contributed by atoms with Gasteiger partial charge in [-0.25, -0.2) is 0 Å². The molecule has 0 aromatic heterocycles. The van der Waals surface area contributed by atoms with Crippen molar-refractivity contribution in [2.75, 3.05) is 26.7 Å².